The lowest BCUT2D eigenvalue weighted by Gasteiger charge is -2.29. The van der Waals surface area contributed by atoms with Gasteiger partial charge in [-0.3, -0.25) is 0 Å². The molecular formula is C16H25FN2O. The van der Waals surface area contributed by atoms with E-state index in [4.69, 9.17) is 5.11 Å². The third-order valence-electron chi connectivity index (χ3n) is 4.03. The molecule has 1 heterocycles. The summed E-state index contributed by atoms with van der Waals surface area (Å²) in [4.78, 5) is 2.32. The van der Waals surface area contributed by atoms with Crippen molar-refractivity contribution in [1.82, 2.24) is 5.32 Å². The molecule has 1 aliphatic rings. The van der Waals surface area contributed by atoms with E-state index >= 15 is 0 Å². The van der Waals surface area contributed by atoms with Crippen molar-refractivity contribution < 1.29 is 9.50 Å². The van der Waals surface area contributed by atoms with Gasteiger partial charge in [0.25, 0.3) is 0 Å². The lowest BCUT2D eigenvalue weighted by molar-refractivity contribution is 0.279. The van der Waals surface area contributed by atoms with Crippen LogP contribution in [0.5, 0.6) is 0 Å². The molecule has 1 fully saturated rings. The summed E-state index contributed by atoms with van der Waals surface area (Å²) >= 11 is 0. The Hall–Kier alpha value is -1.13. The van der Waals surface area contributed by atoms with Crippen LogP contribution >= 0.6 is 0 Å². The van der Waals surface area contributed by atoms with Gasteiger partial charge in [0.15, 0.2) is 0 Å². The second-order valence-corrected chi connectivity index (χ2v) is 5.37. The molecule has 0 aliphatic carbocycles. The first-order valence-electron chi connectivity index (χ1n) is 7.63. The molecule has 0 aromatic heterocycles. The van der Waals surface area contributed by atoms with Crippen LogP contribution in [-0.2, 0) is 6.54 Å². The Morgan fingerprint density at radius 2 is 2.30 bits per heavy atom. The van der Waals surface area contributed by atoms with Crippen LogP contribution in [0.1, 0.15) is 38.2 Å². The molecular weight excluding hydrogens is 255 g/mol. The molecule has 112 valence electrons. The molecule has 1 saturated heterocycles. The molecule has 0 amide bonds. The van der Waals surface area contributed by atoms with Gasteiger partial charge in [0.1, 0.15) is 5.82 Å². The summed E-state index contributed by atoms with van der Waals surface area (Å²) in [5.41, 5.74) is 1.79. The second kappa shape index (κ2) is 7.60. The van der Waals surface area contributed by atoms with Crippen molar-refractivity contribution in [2.75, 3.05) is 24.6 Å². The topological polar surface area (TPSA) is 35.5 Å². The number of nitrogens with one attached hydrogen (secondary N) is 1. The fourth-order valence-corrected chi connectivity index (χ4v) is 3.02. The predicted molar refractivity (Wildman–Crippen MR) is 80.5 cm³/mol. The number of halogens is 1. The van der Waals surface area contributed by atoms with E-state index < -0.39 is 0 Å². The average molecular weight is 280 g/mol. The van der Waals surface area contributed by atoms with Gasteiger partial charge in [-0.15, -0.1) is 0 Å². The fraction of sp³-hybridized carbons (Fsp3) is 0.625. The van der Waals surface area contributed by atoms with Crippen LogP contribution in [-0.4, -0.2) is 30.8 Å². The van der Waals surface area contributed by atoms with Crippen LogP contribution < -0.4 is 10.2 Å². The molecule has 1 aromatic carbocycles. The first kappa shape index (κ1) is 15.3. The fourth-order valence-electron chi connectivity index (χ4n) is 3.02. The quantitative estimate of drug-likeness (QED) is 0.806. The monoisotopic (exact) mass is 280 g/mol. The predicted octanol–water partition coefficient (Wildman–Crippen LogP) is 2.68. The minimum absolute atomic E-state index is 0.128. The van der Waals surface area contributed by atoms with Crippen molar-refractivity contribution >= 4 is 5.69 Å². The third-order valence-corrected chi connectivity index (χ3v) is 4.03. The number of nitrogens with zero attached hydrogens (tertiary/aromatic N) is 1. The first-order chi connectivity index (χ1) is 9.77. The van der Waals surface area contributed by atoms with E-state index in [2.05, 4.69) is 10.2 Å². The smallest absolute Gasteiger partial charge is 0.129 e. The molecule has 0 bridgehead atoms. The van der Waals surface area contributed by atoms with Gasteiger partial charge in [-0.25, -0.2) is 4.39 Å². The zero-order chi connectivity index (χ0) is 14.4. The highest BCUT2D eigenvalue weighted by molar-refractivity contribution is 5.55. The highest BCUT2D eigenvalue weighted by Gasteiger charge is 2.26. The minimum Gasteiger partial charge on any atom is -0.396 e. The van der Waals surface area contributed by atoms with E-state index in [1.54, 1.807) is 6.07 Å². The first-order valence-corrected chi connectivity index (χ1v) is 7.63. The Kier molecular flexibility index (Phi) is 5.80. The third kappa shape index (κ3) is 3.49. The van der Waals surface area contributed by atoms with Crippen LogP contribution in [0.2, 0.25) is 0 Å². The zero-order valence-corrected chi connectivity index (χ0v) is 12.2. The van der Waals surface area contributed by atoms with Crippen molar-refractivity contribution in [2.45, 2.75) is 45.2 Å². The maximum absolute atomic E-state index is 14.1. The number of hydrogen-bond acceptors (Lipinski definition) is 3. The van der Waals surface area contributed by atoms with Gasteiger partial charge < -0.3 is 15.3 Å². The number of hydrogen-bond donors (Lipinski definition) is 2. The van der Waals surface area contributed by atoms with Crippen molar-refractivity contribution in [3.05, 3.63) is 29.6 Å². The minimum atomic E-state index is -0.128. The SMILES string of the molecule is CCNCc1c(F)cccc1N1CCCC1CCCO. The number of rotatable bonds is 7. The zero-order valence-electron chi connectivity index (χ0n) is 12.2. The average Bonchev–Trinajstić information content (AvgIpc) is 2.91. The number of anilines is 1. The highest BCUT2D eigenvalue weighted by atomic mass is 19.1. The van der Waals surface area contributed by atoms with Crippen molar-refractivity contribution in [3.63, 3.8) is 0 Å². The van der Waals surface area contributed by atoms with E-state index in [-0.39, 0.29) is 12.4 Å². The van der Waals surface area contributed by atoms with Gasteiger partial charge in [-0.2, -0.15) is 0 Å². The molecule has 1 atom stereocenters. The van der Waals surface area contributed by atoms with Gasteiger partial charge in [0.2, 0.25) is 0 Å². The molecule has 1 aliphatic heterocycles. The van der Waals surface area contributed by atoms with Crippen LogP contribution in [0.4, 0.5) is 10.1 Å². The lowest BCUT2D eigenvalue weighted by atomic mass is 10.1. The van der Waals surface area contributed by atoms with Crippen LogP contribution in [0.3, 0.4) is 0 Å². The summed E-state index contributed by atoms with van der Waals surface area (Å²) < 4.78 is 14.1. The molecule has 3 nitrogen and oxygen atoms in total. The highest BCUT2D eigenvalue weighted by Crippen LogP contribution is 2.31. The maximum Gasteiger partial charge on any atom is 0.129 e. The summed E-state index contributed by atoms with van der Waals surface area (Å²) in [6.07, 6.45) is 4.08. The van der Waals surface area contributed by atoms with Crippen molar-refractivity contribution in [2.24, 2.45) is 0 Å². The van der Waals surface area contributed by atoms with Crippen molar-refractivity contribution in [3.8, 4) is 0 Å². The Morgan fingerprint density at radius 1 is 1.45 bits per heavy atom. The standard InChI is InChI=1S/C16H25FN2O/c1-2-18-12-14-15(17)8-3-9-16(14)19-10-4-6-13(19)7-5-11-20/h3,8-9,13,18,20H,2,4-7,10-12H2,1H3. The maximum atomic E-state index is 14.1. The van der Waals surface area contributed by atoms with E-state index in [1.165, 1.54) is 6.07 Å². The molecule has 0 saturated carbocycles. The molecule has 1 unspecified atom stereocenters. The molecule has 2 N–H and O–H groups in total. The van der Waals surface area contributed by atoms with Crippen LogP contribution in [0.15, 0.2) is 18.2 Å². The Balaban J connectivity index is 2.19. The van der Waals surface area contributed by atoms with Gasteiger partial charge >= 0.3 is 0 Å². The Labute approximate surface area is 120 Å². The Bertz CT molecular complexity index is 425. The molecule has 20 heavy (non-hydrogen) atoms. The van der Waals surface area contributed by atoms with E-state index in [1.807, 2.05) is 13.0 Å². The summed E-state index contributed by atoms with van der Waals surface area (Å²) in [7, 11) is 0. The van der Waals surface area contributed by atoms with Gasteiger partial charge in [-0.05, 0) is 44.4 Å². The van der Waals surface area contributed by atoms with Gasteiger partial charge in [-0.1, -0.05) is 13.0 Å². The summed E-state index contributed by atoms with van der Waals surface area (Å²) in [6, 6.07) is 5.79. The lowest BCUT2D eigenvalue weighted by Crippen LogP contribution is -2.31. The number of aliphatic hydroxyl groups excluding tert-OH is 1. The normalized spacial score (nSPS) is 18.8. The van der Waals surface area contributed by atoms with Gasteiger partial charge in [0.05, 0.1) is 0 Å². The molecule has 1 aromatic rings. The van der Waals surface area contributed by atoms with Crippen molar-refractivity contribution in [1.29, 1.82) is 0 Å². The number of aliphatic hydroxyl groups is 1. The summed E-state index contributed by atoms with van der Waals surface area (Å²) in [5.74, 6) is -0.128. The second-order valence-electron chi connectivity index (χ2n) is 5.37. The summed E-state index contributed by atoms with van der Waals surface area (Å²) in [6.45, 7) is 4.65. The molecule has 0 spiro atoms. The molecule has 4 heteroatoms. The Morgan fingerprint density at radius 3 is 3.05 bits per heavy atom. The van der Waals surface area contributed by atoms with E-state index in [0.29, 0.717) is 12.6 Å². The molecule has 0 radical (unpaired) electrons. The molecule has 2 rings (SSSR count). The van der Waals surface area contributed by atoms with E-state index in [9.17, 15) is 4.39 Å². The number of benzene rings is 1. The van der Waals surface area contributed by atoms with Crippen LogP contribution in [0, 0.1) is 5.82 Å². The van der Waals surface area contributed by atoms with Crippen LogP contribution in [0.25, 0.3) is 0 Å². The summed E-state index contributed by atoms with van der Waals surface area (Å²) in [5, 5.41) is 12.2. The van der Waals surface area contributed by atoms with Gasteiger partial charge in [0, 0.05) is 37.0 Å². The van der Waals surface area contributed by atoms with E-state index in [0.717, 1.165) is 50.0 Å². The largest absolute Gasteiger partial charge is 0.396 e.